The average Bonchev–Trinajstić information content (AvgIpc) is 2.99. The number of fused-ring (bicyclic) bond motifs is 2. The molecular weight excluding hydrogens is 328 g/mol. The Kier molecular flexibility index (Phi) is 4.47. The Morgan fingerprint density at radius 1 is 1.08 bits per heavy atom. The maximum atomic E-state index is 9.27. The Hall–Kier alpha value is -2.30. The maximum Gasteiger partial charge on any atom is 0.212 e. The molecule has 1 N–H and O–H groups in total. The van der Waals surface area contributed by atoms with Crippen LogP contribution in [0, 0.1) is 0 Å². The van der Waals surface area contributed by atoms with E-state index in [9.17, 15) is 5.11 Å². The molecule has 0 aliphatic carbocycles. The minimum absolute atomic E-state index is 0.209. The van der Waals surface area contributed by atoms with Crippen LogP contribution in [0.4, 0.5) is 5.69 Å². The highest BCUT2D eigenvalue weighted by Gasteiger charge is 2.24. The van der Waals surface area contributed by atoms with Crippen molar-refractivity contribution in [2.24, 2.45) is 7.05 Å². The molecule has 0 bridgehead atoms. The van der Waals surface area contributed by atoms with Crippen LogP contribution in [-0.2, 0) is 7.05 Å². The van der Waals surface area contributed by atoms with E-state index in [1.165, 1.54) is 32.1 Å². The highest BCUT2D eigenvalue weighted by atomic mass is 32.2. The van der Waals surface area contributed by atoms with Gasteiger partial charge in [-0.05, 0) is 36.3 Å². The van der Waals surface area contributed by atoms with E-state index in [-0.39, 0.29) is 6.61 Å². The first-order valence-corrected chi connectivity index (χ1v) is 9.34. The third kappa shape index (κ3) is 3.03. The summed E-state index contributed by atoms with van der Waals surface area (Å²) in [5.74, 6) is 0. The fourth-order valence-electron chi connectivity index (χ4n) is 3.27. The molecule has 0 spiro atoms. The number of para-hydroxylation sites is 2. The van der Waals surface area contributed by atoms with Crippen molar-refractivity contribution in [1.29, 1.82) is 0 Å². The summed E-state index contributed by atoms with van der Waals surface area (Å²) in [4.78, 5) is 3.59. The molecule has 1 aliphatic heterocycles. The molecule has 25 heavy (non-hydrogen) atoms. The Bertz CT molecular complexity index is 952. The van der Waals surface area contributed by atoms with Gasteiger partial charge in [-0.2, -0.15) is 0 Å². The number of aryl methyl sites for hydroxylation is 1. The summed E-state index contributed by atoms with van der Waals surface area (Å²) in [6.07, 6.45) is 5.14. The molecule has 4 heteroatoms. The van der Waals surface area contributed by atoms with Gasteiger partial charge in [0.25, 0.3) is 0 Å². The Balaban J connectivity index is 1.80. The summed E-state index contributed by atoms with van der Waals surface area (Å²) in [7, 11) is 2.08. The van der Waals surface area contributed by atoms with Gasteiger partial charge in [-0.3, -0.25) is 0 Å². The number of anilines is 1. The van der Waals surface area contributed by atoms with E-state index in [1.807, 2.05) is 0 Å². The van der Waals surface area contributed by atoms with Gasteiger partial charge in [0, 0.05) is 30.2 Å². The summed E-state index contributed by atoms with van der Waals surface area (Å²) in [6, 6.07) is 19.1. The number of pyridine rings is 1. The van der Waals surface area contributed by atoms with Gasteiger partial charge < -0.3 is 10.0 Å². The van der Waals surface area contributed by atoms with E-state index in [0.29, 0.717) is 0 Å². The Morgan fingerprint density at radius 2 is 1.88 bits per heavy atom. The molecule has 4 rings (SSSR count). The van der Waals surface area contributed by atoms with E-state index in [2.05, 4.69) is 83.4 Å². The van der Waals surface area contributed by atoms with Crippen molar-refractivity contribution in [3.8, 4) is 0 Å². The normalized spacial score (nSPS) is 15.1. The second-order valence-corrected chi connectivity index (χ2v) is 7.24. The van der Waals surface area contributed by atoms with E-state index in [0.717, 1.165) is 13.0 Å². The third-order valence-corrected chi connectivity index (χ3v) is 5.64. The van der Waals surface area contributed by atoms with Gasteiger partial charge >= 0.3 is 0 Å². The van der Waals surface area contributed by atoms with Gasteiger partial charge in [-0.15, -0.1) is 0 Å². The van der Waals surface area contributed by atoms with Crippen molar-refractivity contribution in [1.82, 2.24) is 0 Å². The largest absolute Gasteiger partial charge is 0.396 e. The molecule has 0 amide bonds. The number of nitrogens with zero attached hydrogens (tertiary/aromatic N) is 2. The number of aliphatic hydroxyl groups excluding tert-OH is 1. The van der Waals surface area contributed by atoms with Crippen LogP contribution in [0.5, 0.6) is 0 Å². The van der Waals surface area contributed by atoms with Crippen molar-refractivity contribution in [3.63, 3.8) is 0 Å². The number of aromatic nitrogens is 1. The molecule has 1 aromatic heterocycles. The molecule has 0 atom stereocenters. The van der Waals surface area contributed by atoms with Gasteiger partial charge in [0.2, 0.25) is 5.52 Å². The van der Waals surface area contributed by atoms with Crippen LogP contribution in [-0.4, -0.2) is 18.3 Å². The molecule has 0 fully saturated rings. The van der Waals surface area contributed by atoms with E-state index in [1.54, 1.807) is 11.8 Å². The monoisotopic (exact) mass is 349 g/mol. The number of hydrogen-bond acceptors (Lipinski definition) is 3. The van der Waals surface area contributed by atoms with Crippen molar-refractivity contribution in [3.05, 3.63) is 71.4 Å². The molecule has 0 saturated carbocycles. The Labute approximate surface area is 152 Å². The molecule has 126 valence electrons. The van der Waals surface area contributed by atoms with Gasteiger partial charge in [-0.25, -0.2) is 4.57 Å². The lowest BCUT2D eigenvalue weighted by Crippen LogP contribution is -2.28. The standard InChI is InChI=1S/C21H21N2OS/c1-22-13-11-16(17-7-2-3-8-18(17)22)15-21-23(12-6-14-24)19-9-4-5-10-20(19)25-21/h2-5,7-11,13,15,24H,6,12,14H2,1H3/q+1. The van der Waals surface area contributed by atoms with Crippen LogP contribution in [0.25, 0.3) is 17.0 Å². The summed E-state index contributed by atoms with van der Waals surface area (Å²) in [5.41, 5.74) is 3.68. The van der Waals surface area contributed by atoms with E-state index >= 15 is 0 Å². The first-order valence-electron chi connectivity index (χ1n) is 8.52. The number of rotatable bonds is 4. The molecular formula is C21H21N2OS+. The zero-order valence-electron chi connectivity index (χ0n) is 14.2. The molecule has 2 heterocycles. The minimum Gasteiger partial charge on any atom is -0.396 e. The summed E-state index contributed by atoms with van der Waals surface area (Å²) < 4.78 is 2.15. The predicted molar refractivity (Wildman–Crippen MR) is 104 cm³/mol. The predicted octanol–water partition coefficient (Wildman–Crippen LogP) is 3.96. The quantitative estimate of drug-likeness (QED) is 0.723. The van der Waals surface area contributed by atoms with Crippen molar-refractivity contribution in [2.45, 2.75) is 11.3 Å². The van der Waals surface area contributed by atoms with Gasteiger partial charge in [0.05, 0.1) is 16.1 Å². The number of benzene rings is 2. The van der Waals surface area contributed by atoms with Crippen molar-refractivity contribution < 1.29 is 9.67 Å². The zero-order valence-corrected chi connectivity index (χ0v) is 15.0. The third-order valence-electron chi connectivity index (χ3n) is 4.53. The van der Waals surface area contributed by atoms with E-state index in [4.69, 9.17) is 0 Å². The minimum atomic E-state index is 0.209. The number of thioether (sulfide) groups is 1. The molecule has 1 aliphatic rings. The van der Waals surface area contributed by atoms with Gasteiger partial charge in [0.1, 0.15) is 7.05 Å². The van der Waals surface area contributed by atoms with E-state index < -0.39 is 0 Å². The summed E-state index contributed by atoms with van der Waals surface area (Å²) in [6.45, 7) is 1.03. The first kappa shape index (κ1) is 16.2. The second kappa shape index (κ2) is 6.90. The SMILES string of the molecule is C[n+]1ccc(/C=C2\Sc3ccccc3N2CCCO)c2ccccc21. The van der Waals surface area contributed by atoms with Crippen molar-refractivity contribution in [2.75, 3.05) is 18.1 Å². The molecule has 3 aromatic rings. The van der Waals surface area contributed by atoms with Gasteiger partial charge in [0.15, 0.2) is 6.20 Å². The molecule has 0 unspecified atom stereocenters. The fraction of sp³-hybridized carbons (Fsp3) is 0.190. The molecule has 3 nitrogen and oxygen atoms in total. The van der Waals surface area contributed by atoms with Crippen molar-refractivity contribution >= 4 is 34.4 Å². The molecule has 0 saturated heterocycles. The highest BCUT2D eigenvalue weighted by Crippen LogP contribution is 2.46. The van der Waals surface area contributed by atoms with Crippen LogP contribution < -0.4 is 9.47 Å². The maximum absolute atomic E-state index is 9.27. The van der Waals surface area contributed by atoms with Crippen LogP contribution in [0.15, 0.2) is 70.7 Å². The Morgan fingerprint density at radius 3 is 2.76 bits per heavy atom. The average molecular weight is 349 g/mol. The second-order valence-electron chi connectivity index (χ2n) is 6.18. The lowest BCUT2D eigenvalue weighted by Gasteiger charge is -2.20. The topological polar surface area (TPSA) is 27.4 Å². The highest BCUT2D eigenvalue weighted by molar-refractivity contribution is 8.03. The summed E-state index contributed by atoms with van der Waals surface area (Å²) in [5, 5.41) is 11.7. The summed E-state index contributed by atoms with van der Waals surface area (Å²) >= 11 is 1.80. The lowest BCUT2D eigenvalue weighted by molar-refractivity contribution is -0.644. The smallest absolute Gasteiger partial charge is 0.212 e. The molecule has 0 radical (unpaired) electrons. The van der Waals surface area contributed by atoms with Crippen LogP contribution >= 0.6 is 11.8 Å². The number of aliphatic hydroxyl groups is 1. The number of hydrogen-bond donors (Lipinski definition) is 1. The first-order chi connectivity index (χ1) is 12.3. The fourth-order valence-corrected chi connectivity index (χ4v) is 4.41. The van der Waals surface area contributed by atoms with Crippen LogP contribution in [0.1, 0.15) is 12.0 Å². The molecule has 2 aromatic carbocycles. The van der Waals surface area contributed by atoms with Gasteiger partial charge in [-0.1, -0.05) is 36.0 Å². The van der Waals surface area contributed by atoms with Crippen LogP contribution in [0.3, 0.4) is 0 Å². The lowest BCUT2D eigenvalue weighted by atomic mass is 10.1. The van der Waals surface area contributed by atoms with Crippen LogP contribution in [0.2, 0.25) is 0 Å². The zero-order chi connectivity index (χ0) is 17.2.